The van der Waals surface area contributed by atoms with E-state index < -0.39 is 18.1 Å². The molecule has 1 aliphatic rings. The lowest BCUT2D eigenvalue weighted by Crippen LogP contribution is -2.40. The Morgan fingerprint density at radius 3 is 2.30 bits per heavy atom. The zero-order chi connectivity index (χ0) is 14.5. The Hall–Kier alpha value is -1.76. The second-order valence-electron chi connectivity index (χ2n) is 4.96. The summed E-state index contributed by atoms with van der Waals surface area (Å²) in [6.45, 7) is 0.470. The summed E-state index contributed by atoms with van der Waals surface area (Å²) in [5, 5.41) is 21.0. The average Bonchev–Trinajstić information content (AvgIpc) is 2.68. The minimum absolute atomic E-state index is 0.00531. The van der Waals surface area contributed by atoms with Gasteiger partial charge in [0.2, 0.25) is 11.8 Å². The van der Waals surface area contributed by atoms with Crippen molar-refractivity contribution in [2.45, 2.75) is 18.6 Å². The SMILES string of the molecule is O=C(Cc1ccccc1)NC(=O)CN1CC(O)C(O)C1. The first-order chi connectivity index (χ1) is 9.54. The molecule has 0 saturated carbocycles. The van der Waals surface area contributed by atoms with Crippen LogP contribution in [0.5, 0.6) is 0 Å². The minimum Gasteiger partial charge on any atom is -0.389 e. The van der Waals surface area contributed by atoms with Crippen LogP contribution in [0.15, 0.2) is 30.3 Å². The summed E-state index contributed by atoms with van der Waals surface area (Å²) < 4.78 is 0. The van der Waals surface area contributed by atoms with Crippen LogP contribution in [0, 0.1) is 0 Å². The van der Waals surface area contributed by atoms with Gasteiger partial charge in [-0.2, -0.15) is 0 Å². The van der Waals surface area contributed by atoms with Crippen LogP contribution in [0.4, 0.5) is 0 Å². The standard InChI is InChI=1S/C14H18N2O4/c17-11-7-16(8-12(11)18)9-14(20)15-13(19)6-10-4-2-1-3-5-10/h1-5,11-12,17-18H,6-9H2,(H,15,19,20). The molecule has 6 heteroatoms. The quantitative estimate of drug-likeness (QED) is 0.651. The van der Waals surface area contributed by atoms with E-state index in [2.05, 4.69) is 5.32 Å². The fraction of sp³-hybridized carbons (Fsp3) is 0.429. The van der Waals surface area contributed by atoms with Gasteiger partial charge in [0.25, 0.3) is 0 Å². The predicted octanol–water partition coefficient (Wildman–Crippen LogP) is -1.09. The zero-order valence-corrected chi connectivity index (χ0v) is 11.0. The molecular formula is C14H18N2O4. The predicted molar refractivity (Wildman–Crippen MR) is 71.7 cm³/mol. The molecule has 1 fully saturated rings. The molecule has 3 N–H and O–H groups in total. The number of hydrogen-bond acceptors (Lipinski definition) is 5. The Labute approximate surface area is 117 Å². The third-order valence-corrected chi connectivity index (χ3v) is 3.19. The normalized spacial score (nSPS) is 22.7. The minimum atomic E-state index is -0.831. The van der Waals surface area contributed by atoms with Gasteiger partial charge in [-0.25, -0.2) is 0 Å². The van der Waals surface area contributed by atoms with Crippen LogP contribution in [0.3, 0.4) is 0 Å². The van der Waals surface area contributed by atoms with Crippen molar-refractivity contribution >= 4 is 11.8 Å². The molecule has 6 nitrogen and oxygen atoms in total. The van der Waals surface area contributed by atoms with Gasteiger partial charge in [0.15, 0.2) is 0 Å². The summed E-state index contributed by atoms with van der Waals surface area (Å²) in [4.78, 5) is 25.0. The van der Waals surface area contributed by atoms with E-state index in [4.69, 9.17) is 0 Å². The maximum absolute atomic E-state index is 11.7. The largest absolute Gasteiger partial charge is 0.389 e. The number of carbonyl (C=O) groups is 2. The smallest absolute Gasteiger partial charge is 0.240 e. The highest BCUT2D eigenvalue weighted by molar-refractivity contribution is 5.96. The molecule has 1 saturated heterocycles. The Balaban J connectivity index is 1.76. The number of β-amino-alcohol motifs (C(OH)–C–C–N with tert-alkyl or cyclic N) is 2. The summed E-state index contributed by atoms with van der Waals surface area (Å²) in [7, 11) is 0. The van der Waals surface area contributed by atoms with E-state index in [0.29, 0.717) is 0 Å². The number of nitrogens with one attached hydrogen (secondary N) is 1. The fourth-order valence-corrected chi connectivity index (χ4v) is 2.20. The number of likely N-dealkylation sites (tertiary alicyclic amines) is 1. The zero-order valence-electron chi connectivity index (χ0n) is 11.0. The lowest BCUT2D eigenvalue weighted by Gasteiger charge is -2.13. The third-order valence-electron chi connectivity index (χ3n) is 3.19. The van der Waals surface area contributed by atoms with Gasteiger partial charge in [-0.15, -0.1) is 0 Å². The van der Waals surface area contributed by atoms with Gasteiger partial charge >= 0.3 is 0 Å². The molecular weight excluding hydrogens is 260 g/mol. The molecule has 20 heavy (non-hydrogen) atoms. The molecule has 2 rings (SSSR count). The number of aliphatic hydroxyl groups is 2. The molecule has 0 aliphatic carbocycles. The van der Waals surface area contributed by atoms with E-state index in [-0.39, 0.29) is 32.0 Å². The number of hydrogen-bond donors (Lipinski definition) is 3. The second kappa shape index (κ2) is 6.60. The maximum Gasteiger partial charge on any atom is 0.240 e. The summed E-state index contributed by atoms with van der Waals surface area (Å²) >= 11 is 0. The second-order valence-corrected chi connectivity index (χ2v) is 4.96. The number of aliphatic hydroxyl groups excluding tert-OH is 2. The number of benzene rings is 1. The average molecular weight is 278 g/mol. The van der Waals surface area contributed by atoms with Crippen molar-refractivity contribution in [1.82, 2.24) is 10.2 Å². The number of imide groups is 1. The van der Waals surface area contributed by atoms with E-state index in [9.17, 15) is 19.8 Å². The molecule has 108 valence electrons. The van der Waals surface area contributed by atoms with Crippen LogP contribution in [-0.2, 0) is 16.0 Å². The number of carbonyl (C=O) groups excluding carboxylic acids is 2. The topological polar surface area (TPSA) is 89.9 Å². The third kappa shape index (κ3) is 4.12. The molecule has 1 heterocycles. The van der Waals surface area contributed by atoms with Crippen molar-refractivity contribution in [2.24, 2.45) is 0 Å². The van der Waals surface area contributed by atoms with E-state index in [1.54, 1.807) is 4.90 Å². The van der Waals surface area contributed by atoms with Crippen molar-refractivity contribution in [1.29, 1.82) is 0 Å². The summed E-state index contributed by atoms with van der Waals surface area (Å²) in [5.41, 5.74) is 0.838. The van der Waals surface area contributed by atoms with E-state index in [1.165, 1.54) is 0 Å². The van der Waals surface area contributed by atoms with Gasteiger partial charge in [-0.1, -0.05) is 30.3 Å². The molecule has 1 aliphatic heterocycles. The fourth-order valence-electron chi connectivity index (χ4n) is 2.20. The molecule has 0 spiro atoms. The molecule has 2 unspecified atom stereocenters. The van der Waals surface area contributed by atoms with Gasteiger partial charge in [-0.3, -0.25) is 19.8 Å². The van der Waals surface area contributed by atoms with Gasteiger partial charge in [0.05, 0.1) is 25.2 Å². The summed E-state index contributed by atoms with van der Waals surface area (Å²) in [5.74, 6) is -0.784. The molecule has 2 atom stereocenters. The summed E-state index contributed by atoms with van der Waals surface area (Å²) in [6, 6.07) is 9.15. The van der Waals surface area contributed by atoms with Crippen LogP contribution >= 0.6 is 0 Å². The first-order valence-corrected chi connectivity index (χ1v) is 6.49. The van der Waals surface area contributed by atoms with Crippen molar-refractivity contribution in [3.63, 3.8) is 0 Å². The first kappa shape index (κ1) is 14.6. The van der Waals surface area contributed by atoms with Gasteiger partial charge in [0, 0.05) is 13.1 Å². The van der Waals surface area contributed by atoms with Crippen molar-refractivity contribution < 1.29 is 19.8 Å². The van der Waals surface area contributed by atoms with Gasteiger partial charge < -0.3 is 10.2 Å². The van der Waals surface area contributed by atoms with E-state index in [0.717, 1.165) is 5.56 Å². The van der Waals surface area contributed by atoms with Gasteiger partial charge in [-0.05, 0) is 5.56 Å². The van der Waals surface area contributed by atoms with Gasteiger partial charge in [0.1, 0.15) is 0 Å². The molecule has 0 radical (unpaired) electrons. The highest BCUT2D eigenvalue weighted by Gasteiger charge is 2.30. The monoisotopic (exact) mass is 278 g/mol. The molecule has 1 aromatic rings. The van der Waals surface area contributed by atoms with Crippen molar-refractivity contribution in [3.8, 4) is 0 Å². The highest BCUT2D eigenvalue weighted by Crippen LogP contribution is 2.08. The van der Waals surface area contributed by atoms with E-state index >= 15 is 0 Å². The Morgan fingerprint density at radius 1 is 1.10 bits per heavy atom. The van der Waals surface area contributed by atoms with Crippen LogP contribution in [0.1, 0.15) is 5.56 Å². The molecule has 1 aromatic carbocycles. The molecule has 0 bridgehead atoms. The molecule has 0 aromatic heterocycles. The van der Waals surface area contributed by atoms with Crippen LogP contribution in [0.2, 0.25) is 0 Å². The summed E-state index contributed by atoms with van der Waals surface area (Å²) in [6.07, 6.45) is -1.51. The van der Waals surface area contributed by atoms with E-state index in [1.807, 2.05) is 30.3 Å². The lowest BCUT2D eigenvalue weighted by atomic mass is 10.1. The van der Waals surface area contributed by atoms with Crippen LogP contribution < -0.4 is 5.32 Å². The lowest BCUT2D eigenvalue weighted by molar-refractivity contribution is -0.130. The van der Waals surface area contributed by atoms with Crippen molar-refractivity contribution in [2.75, 3.05) is 19.6 Å². The van der Waals surface area contributed by atoms with Crippen molar-refractivity contribution in [3.05, 3.63) is 35.9 Å². The first-order valence-electron chi connectivity index (χ1n) is 6.49. The Kier molecular flexibility index (Phi) is 4.84. The Morgan fingerprint density at radius 2 is 1.70 bits per heavy atom. The highest BCUT2D eigenvalue weighted by atomic mass is 16.3. The maximum atomic E-state index is 11.7. The number of amides is 2. The van der Waals surface area contributed by atoms with Crippen LogP contribution in [-0.4, -0.2) is 58.8 Å². The molecule has 2 amide bonds. The van der Waals surface area contributed by atoms with Crippen LogP contribution in [0.25, 0.3) is 0 Å². The number of nitrogens with zero attached hydrogens (tertiary/aromatic N) is 1. The number of rotatable bonds is 4. The Bertz CT molecular complexity index is 467.